The van der Waals surface area contributed by atoms with Gasteiger partial charge in [0, 0.05) is 12.6 Å². The van der Waals surface area contributed by atoms with Crippen LogP contribution in [0.3, 0.4) is 0 Å². The summed E-state index contributed by atoms with van der Waals surface area (Å²) in [5.41, 5.74) is 0.604. The normalized spacial score (nSPS) is 9.69. The van der Waals surface area contributed by atoms with Gasteiger partial charge in [-0.2, -0.15) is 0 Å². The van der Waals surface area contributed by atoms with E-state index >= 15 is 0 Å². The topological polar surface area (TPSA) is 59.0 Å². The minimum atomic E-state index is -0.456. The molecule has 1 aromatic rings. The Morgan fingerprint density at radius 2 is 2.12 bits per heavy atom. The number of benzene rings is 1. The smallest absolute Gasteiger partial charge is 0.409 e. The summed E-state index contributed by atoms with van der Waals surface area (Å²) >= 11 is 0. The lowest BCUT2D eigenvalue weighted by Crippen LogP contribution is -2.25. The Morgan fingerprint density at radius 3 is 2.69 bits per heavy atom. The highest BCUT2D eigenvalue weighted by molar-refractivity contribution is 5.67. The quantitative estimate of drug-likeness (QED) is 0.848. The molecular weight excluding hydrogens is 210 g/mol. The van der Waals surface area contributed by atoms with Gasteiger partial charge in [0.1, 0.15) is 11.5 Å². The molecule has 0 aliphatic rings. The number of hydrogen-bond acceptors (Lipinski definition) is 4. The Kier molecular flexibility index (Phi) is 3.99. The molecule has 16 heavy (non-hydrogen) atoms. The lowest BCUT2D eigenvalue weighted by Gasteiger charge is -2.16. The van der Waals surface area contributed by atoms with E-state index in [2.05, 4.69) is 4.74 Å². The minimum Gasteiger partial charge on any atom is -0.508 e. The summed E-state index contributed by atoms with van der Waals surface area (Å²) in [5.74, 6) is 0.752. The Hall–Kier alpha value is -1.91. The Morgan fingerprint density at radius 1 is 1.44 bits per heavy atom. The van der Waals surface area contributed by atoms with E-state index in [1.54, 1.807) is 26.3 Å². The maximum Gasteiger partial charge on any atom is 0.409 e. The molecule has 0 heterocycles. The number of nitrogens with zero attached hydrogens (tertiary/aromatic N) is 1. The van der Waals surface area contributed by atoms with Crippen LogP contribution in [0.2, 0.25) is 0 Å². The fourth-order valence-electron chi connectivity index (χ4n) is 1.29. The van der Waals surface area contributed by atoms with E-state index in [0.29, 0.717) is 11.3 Å². The first-order chi connectivity index (χ1) is 7.58. The molecule has 5 heteroatoms. The molecule has 0 bridgehead atoms. The van der Waals surface area contributed by atoms with Gasteiger partial charge in [-0.3, -0.25) is 0 Å². The van der Waals surface area contributed by atoms with Crippen molar-refractivity contribution in [3.63, 3.8) is 0 Å². The fraction of sp³-hybridized carbons (Fsp3) is 0.364. The van der Waals surface area contributed by atoms with E-state index in [-0.39, 0.29) is 12.3 Å². The number of rotatable bonds is 3. The molecule has 1 N–H and O–H groups in total. The maximum absolute atomic E-state index is 11.2. The molecule has 0 saturated carbocycles. The molecule has 1 aromatic carbocycles. The number of ether oxygens (including phenoxy) is 2. The van der Waals surface area contributed by atoms with Crippen LogP contribution < -0.4 is 4.74 Å². The van der Waals surface area contributed by atoms with Crippen molar-refractivity contribution in [3.8, 4) is 11.5 Å². The molecule has 0 spiro atoms. The molecule has 0 atom stereocenters. The zero-order valence-corrected chi connectivity index (χ0v) is 9.56. The molecule has 0 aliphatic carbocycles. The Balaban J connectivity index is 2.83. The molecule has 0 radical (unpaired) electrons. The monoisotopic (exact) mass is 225 g/mol. The average molecular weight is 225 g/mol. The predicted octanol–water partition coefficient (Wildman–Crippen LogP) is 1.60. The van der Waals surface area contributed by atoms with Crippen molar-refractivity contribution in [1.29, 1.82) is 0 Å². The Bertz CT molecular complexity index is 378. The first kappa shape index (κ1) is 12.2. The SMILES string of the molecule is COC(=O)N(C)Cc1cc(OC)ccc1O. The standard InChI is InChI=1S/C11H15NO4/c1-12(11(14)16-3)7-8-6-9(15-2)4-5-10(8)13/h4-6,13H,7H2,1-3H3. The molecule has 0 aliphatic heterocycles. The molecular formula is C11H15NO4. The summed E-state index contributed by atoms with van der Waals surface area (Å²) in [6.07, 6.45) is -0.456. The van der Waals surface area contributed by atoms with Crippen LogP contribution in [0.15, 0.2) is 18.2 Å². The molecule has 0 fully saturated rings. The summed E-state index contributed by atoms with van der Waals surface area (Å²) in [6.45, 7) is 0.260. The second kappa shape index (κ2) is 5.25. The molecule has 1 amide bonds. The van der Waals surface area contributed by atoms with E-state index in [4.69, 9.17) is 4.74 Å². The van der Waals surface area contributed by atoms with Gasteiger partial charge in [-0.25, -0.2) is 4.79 Å². The van der Waals surface area contributed by atoms with Gasteiger partial charge in [-0.05, 0) is 18.2 Å². The van der Waals surface area contributed by atoms with Gasteiger partial charge >= 0.3 is 6.09 Å². The van der Waals surface area contributed by atoms with Gasteiger partial charge < -0.3 is 19.5 Å². The van der Waals surface area contributed by atoms with Gasteiger partial charge in [0.15, 0.2) is 0 Å². The fourth-order valence-corrected chi connectivity index (χ4v) is 1.29. The first-order valence-corrected chi connectivity index (χ1v) is 4.73. The van der Waals surface area contributed by atoms with Crippen molar-refractivity contribution in [3.05, 3.63) is 23.8 Å². The predicted molar refractivity (Wildman–Crippen MR) is 58.5 cm³/mol. The highest BCUT2D eigenvalue weighted by atomic mass is 16.5. The summed E-state index contributed by atoms with van der Waals surface area (Å²) < 4.78 is 9.59. The van der Waals surface area contributed by atoms with Crippen LogP contribution in [0, 0.1) is 0 Å². The third-order valence-electron chi connectivity index (χ3n) is 2.18. The van der Waals surface area contributed by atoms with Crippen LogP contribution in [0.4, 0.5) is 4.79 Å². The summed E-state index contributed by atoms with van der Waals surface area (Å²) in [4.78, 5) is 12.5. The van der Waals surface area contributed by atoms with Gasteiger partial charge in [0.25, 0.3) is 0 Å². The number of carbonyl (C=O) groups is 1. The molecule has 0 saturated heterocycles. The number of phenols is 1. The van der Waals surface area contributed by atoms with Gasteiger partial charge in [-0.1, -0.05) is 0 Å². The van der Waals surface area contributed by atoms with E-state index in [1.807, 2.05) is 0 Å². The summed E-state index contributed by atoms with van der Waals surface area (Å²) in [5, 5.41) is 9.60. The van der Waals surface area contributed by atoms with E-state index in [0.717, 1.165) is 0 Å². The van der Waals surface area contributed by atoms with Crippen molar-refractivity contribution in [2.45, 2.75) is 6.54 Å². The number of amides is 1. The minimum absolute atomic E-state index is 0.122. The molecule has 88 valence electrons. The number of phenolic OH excluding ortho intramolecular Hbond substituents is 1. The van der Waals surface area contributed by atoms with Crippen LogP contribution in [-0.2, 0) is 11.3 Å². The number of aromatic hydroxyl groups is 1. The summed E-state index contributed by atoms with van der Waals surface area (Å²) in [6, 6.07) is 4.85. The number of hydrogen-bond donors (Lipinski definition) is 1. The Labute approximate surface area is 94.2 Å². The zero-order chi connectivity index (χ0) is 12.1. The van der Waals surface area contributed by atoms with E-state index < -0.39 is 6.09 Å². The molecule has 0 aromatic heterocycles. The first-order valence-electron chi connectivity index (χ1n) is 4.73. The second-order valence-corrected chi connectivity index (χ2v) is 3.32. The van der Waals surface area contributed by atoms with Crippen LogP contribution in [0.1, 0.15) is 5.56 Å². The number of methoxy groups -OCH3 is 2. The highest BCUT2D eigenvalue weighted by Gasteiger charge is 2.11. The van der Waals surface area contributed by atoms with E-state index in [1.165, 1.54) is 18.1 Å². The van der Waals surface area contributed by atoms with Crippen molar-refractivity contribution < 1.29 is 19.4 Å². The van der Waals surface area contributed by atoms with Crippen LogP contribution in [0.25, 0.3) is 0 Å². The van der Waals surface area contributed by atoms with E-state index in [9.17, 15) is 9.90 Å². The van der Waals surface area contributed by atoms with Crippen molar-refractivity contribution in [2.75, 3.05) is 21.3 Å². The van der Waals surface area contributed by atoms with Gasteiger partial charge in [0.2, 0.25) is 0 Å². The third kappa shape index (κ3) is 2.79. The highest BCUT2D eigenvalue weighted by Crippen LogP contribution is 2.23. The summed E-state index contributed by atoms with van der Waals surface area (Å²) in [7, 11) is 4.44. The molecule has 5 nitrogen and oxygen atoms in total. The molecule has 0 unspecified atom stereocenters. The van der Waals surface area contributed by atoms with Crippen LogP contribution >= 0.6 is 0 Å². The van der Waals surface area contributed by atoms with Crippen LogP contribution in [-0.4, -0.2) is 37.4 Å². The lowest BCUT2D eigenvalue weighted by molar-refractivity contribution is 0.131. The third-order valence-corrected chi connectivity index (χ3v) is 2.18. The largest absolute Gasteiger partial charge is 0.508 e. The van der Waals surface area contributed by atoms with Crippen molar-refractivity contribution in [1.82, 2.24) is 4.90 Å². The van der Waals surface area contributed by atoms with Crippen molar-refractivity contribution >= 4 is 6.09 Å². The second-order valence-electron chi connectivity index (χ2n) is 3.32. The molecule has 1 rings (SSSR count). The lowest BCUT2D eigenvalue weighted by atomic mass is 10.2. The van der Waals surface area contributed by atoms with Crippen molar-refractivity contribution in [2.24, 2.45) is 0 Å². The van der Waals surface area contributed by atoms with Crippen LogP contribution in [0.5, 0.6) is 11.5 Å². The van der Waals surface area contributed by atoms with Gasteiger partial charge in [0.05, 0.1) is 20.8 Å². The number of carbonyl (C=O) groups excluding carboxylic acids is 1. The average Bonchev–Trinajstić information content (AvgIpc) is 2.30. The van der Waals surface area contributed by atoms with Gasteiger partial charge in [-0.15, -0.1) is 0 Å². The zero-order valence-electron chi connectivity index (χ0n) is 9.56. The maximum atomic E-state index is 11.2.